The van der Waals surface area contributed by atoms with Crippen LogP contribution in [0.25, 0.3) is 22.3 Å². The molecule has 10 heteroatoms. The number of benzene rings is 1. The van der Waals surface area contributed by atoms with Crippen LogP contribution in [0.4, 0.5) is 0 Å². The standard InChI is InChI=1S/C21H23N7O.CH2O2/c1-26-17-9-11-28(10-8-15(17)19(25-26)14-6-4-3-5-7-14)13-18-23-20-16(21(29)24-18)12-22-27(20)2;2-1-3/h3-7,12H,8-11,13H2,1-2H3,(H,23,24,29);1H,(H,2,3). The van der Waals surface area contributed by atoms with E-state index in [2.05, 4.69) is 44.2 Å². The molecule has 0 atom stereocenters. The van der Waals surface area contributed by atoms with Gasteiger partial charge in [-0.3, -0.25) is 23.9 Å². The quantitative estimate of drug-likeness (QED) is 0.466. The highest BCUT2D eigenvalue weighted by Crippen LogP contribution is 2.28. The first kappa shape index (κ1) is 21.4. The Morgan fingerprint density at radius 3 is 2.59 bits per heavy atom. The van der Waals surface area contributed by atoms with Gasteiger partial charge in [0, 0.05) is 50.4 Å². The molecule has 0 unspecified atom stereocenters. The first-order chi connectivity index (χ1) is 15.5. The average Bonchev–Trinajstić information content (AvgIpc) is 3.23. The van der Waals surface area contributed by atoms with Gasteiger partial charge in [-0.1, -0.05) is 30.3 Å². The molecule has 0 bridgehead atoms. The van der Waals surface area contributed by atoms with Crippen LogP contribution in [-0.4, -0.2) is 59.1 Å². The van der Waals surface area contributed by atoms with Gasteiger partial charge in [0.15, 0.2) is 5.65 Å². The SMILES string of the molecule is Cn1nc(-c2ccccc2)c2c1CCN(Cc1nc3c(cnn3C)c(=O)[nH]1)CC2.O=CO. The van der Waals surface area contributed by atoms with E-state index in [1.165, 1.54) is 11.3 Å². The molecule has 4 heterocycles. The number of fused-ring (bicyclic) bond motifs is 2. The van der Waals surface area contributed by atoms with Gasteiger partial charge < -0.3 is 10.1 Å². The number of hydrogen-bond acceptors (Lipinski definition) is 6. The van der Waals surface area contributed by atoms with Crippen molar-refractivity contribution >= 4 is 17.5 Å². The number of aromatic amines is 1. The summed E-state index contributed by atoms with van der Waals surface area (Å²) in [6.07, 6.45) is 3.40. The number of H-pyrrole nitrogens is 1. The lowest BCUT2D eigenvalue weighted by atomic mass is 10.0. The van der Waals surface area contributed by atoms with Crippen molar-refractivity contribution in [3.63, 3.8) is 0 Å². The van der Waals surface area contributed by atoms with E-state index in [1.807, 2.05) is 17.8 Å². The fourth-order valence-corrected chi connectivity index (χ4v) is 4.17. The molecule has 0 spiro atoms. The second kappa shape index (κ2) is 9.15. The molecule has 1 aliphatic heterocycles. The Labute approximate surface area is 184 Å². The van der Waals surface area contributed by atoms with Crippen molar-refractivity contribution in [2.75, 3.05) is 13.1 Å². The number of carbonyl (C=O) groups is 1. The van der Waals surface area contributed by atoms with Gasteiger partial charge in [0.2, 0.25) is 0 Å². The summed E-state index contributed by atoms with van der Waals surface area (Å²) in [5, 5.41) is 16.3. The predicted molar refractivity (Wildman–Crippen MR) is 119 cm³/mol. The zero-order chi connectivity index (χ0) is 22.7. The van der Waals surface area contributed by atoms with Gasteiger partial charge >= 0.3 is 0 Å². The molecule has 0 saturated carbocycles. The fraction of sp³-hybridized carbons (Fsp3) is 0.318. The van der Waals surface area contributed by atoms with Crippen LogP contribution < -0.4 is 5.56 Å². The molecule has 5 rings (SSSR count). The van der Waals surface area contributed by atoms with Crippen LogP contribution in [-0.2, 0) is 38.3 Å². The number of nitrogens with one attached hydrogen (secondary N) is 1. The second-order valence-corrected chi connectivity index (χ2v) is 7.66. The van der Waals surface area contributed by atoms with Crippen LogP contribution in [0.1, 0.15) is 17.1 Å². The van der Waals surface area contributed by atoms with Crippen molar-refractivity contribution in [2.24, 2.45) is 14.1 Å². The monoisotopic (exact) mass is 435 g/mol. The molecule has 0 saturated heterocycles. The molecule has 0 aliphatic carbocycles. The van der Waals surface area contributed by atoms with E-state index >= 15 is 0 Å². The molecule has 1 aliphatic rings. The normalized spacial score (nSPS) is 13.8. The third kappa shape index (κ3) is 4.17. The zero-order valence-electron chi connectivity index (χ0n) is 18.0. The Morgan fingerprint density at radius 1 is 1.12 bits per heavy atom. The number of carboxylic acid groups (broad SMARTS) is 1. The van der Waals surface area contributed by atoms with Crippen LogP contribution in [0, 0.1) is 0 Å². The molecular weight excluding hydrogens is 410 g/mol. The van der Waals surface area contributed by atoms with Crippen LogP contribution >= 0.6 is 0 Å². The van der Waals surface area contributed by atoms with Crippen LogP contribution in [0.2, 0.25) is 0 Å². The van der Waals surface area contributed by atoms with Crippen molar-refractivity contribution in [1.82, 2.24) is 34.4 Å². The highest BCUT2D eigenvalue weighted by molar-refractivity contribution is 5.72. The van der Waals surface area contributed by atoms with Gasteiger partial charge in [0.25, 0.3) is 12.0 Å². The molecular formula is C22H25N7O3. The minimum atomic E-state index is -0.250. The summed E-state index contributed by atoms with van der Waals surface area (Å²) < 4.78 is 3.66. The summed E-state index contributed by atoms with van der Waals surface area (Å²) in [4.78, 5) is 30.6. The lowest BCUT2D eigenvalue weighted by Gasteiger charge is -2.19. The molecule has 0 radical (unpaired) electrons. The molecule has 4 aromatic rings. The van der Waals surface area contributed by atoms with Gasteiger partial charge in [0.05, 0.1) is 18.4 Å². The van der Waals surface area contributed by atoms with Crippen molar-refractivity contribution < 1.29 is 9.90 Å². The van der Waals surface area contributed by atoms with Gasteiger partial charge in [0.1, 0.15) is 11.2 Å². The Kier molecular flexibility index (Phi) is 6.13. The Balaban J connectivity index is 0.000000775. The first-order valence-corrected chi connectivity index (χ1v) is 10.3. The van der Waals surface area contributed by atoms with Crippen LogP contribution in [0.3, 0.4) is 0 Å². The molecule has 32 heavy (non-hydrogen) atoms. The molecule has 3 aromatic heterocycles. The van der Waals surface area contributed by atoms with Gasteiger partial charge in [-0.2, -0.15) is 10.2 Å². The first-order valence-electron chi connectivity index (χ1n) is 10.3. The van der Waals surface area contributed by atoms with Crippen LogP contribution in [0.5, 0.6) is 0 Å². The van der Waals surface area contributed by atoms with Gasteiger partial charge in [-0.15, -0.1) is 0 Å². The predicted octanol–water partition coefficient (Wildman–Crippen LogP) is 1.36. The van der Waals surface area contributed by atoms with Gasteiger partial charge in [-0.25, -0.2) is 4.98 Å². The Morgan fingerprint density at radius 2 is 1.84 bits per heavy atom. The Bertz CT molecular complexity index is 1290. The second-order valence-electron chi connectivity index (χ2n) is 7.66. The summed E-state index contributed by atoms with van der Waals surface area (Å²) in [6, 6.07) is 10.4. The van der Waals surface area contributed by atoms with Crippen LogP contribution in [0.15, 0.2) is 41.3 Å². The molecule has 1 aromatic carbocycles. The van der Waals surface area contributed by atoms with E-state index in [4.69, 9.17) is 15.0 Å². The summed E-state index contributed by atoms with van der Waals surface area (Å²) in [5.41, 5.74) is 5.34. The summed E-state index contributed by atoms with van der Waals surface area (Å²) >= 11 is 0. The topological polar surface area (TPSA) is 122 Å². The number of nitrogens with zero attached hydrogens (tertiary/aromatic N) is 6. The molecule has 10 nitrogen and oxygen atoms in total. The van der Waals surface area contributed by atoms with E-state index < -0.39 is 0 Å². The maximum Gasteiger partial charge on any atom is 0.290 e. The average molecular weight is 435 g/mol. The minimum absolute atomic E-state index is 0.133. The van der Waals surface area contributed by atoms with Crippen molar-refractivity contribution in [3.05, 3.63) is 64.0 Å². The molecule has 0 amide bonds. The lowest BCUT2D eigenvalue weighted by Crippen LogP contribution is -2.28. The smallest absolute Gasteiger partial charge is 0.290 e. The molecule has 2 N–H and O–H groups in total. The van der Waals surface area contributed by atoms with Crippen molar-refractivity contribution in [1.29, 1.82) is 0 Å². The maximum atomic E-state index is 12.3. The number of hydrogen-bond donors (Lipinski definition) is 2. The number of aryl methyl sites for hydroxylation is 2. The summed E-state index contributed by atoms with van der Waals surface area (Å²) in [6.45, 7) is 2.15. The van der Waals surface area contributed by atoms with E-state index in [-0.39, 0.29) is 12.0 Å². The minimum Gasteiger partial charge on any atom is -0.483 e. The lowest BCUT2D eigenvalue weighted by molar-refractivity contribution is -0.122. The molecule has 166 valence electrons. The van der Waals surface area contributed by atoms with Crippen molar-refractivity contribution in [3.8, 4) is 11.3 Å². The van der Waals surface area contributed by atoms with E-state index in [9.17, 15) is 4.79 Å². The zero-order valence-corrected chi connectivity index (χ0v) is 18.0. The highest BCUT2D eigenvalue weighted by atomic mass is 16.3. The number of aromatic nitrogens is 6. The highest BCUT2D eigenvalue weighted by Gasteiger charge is 2.23. The maximum absolute atomic E-state index is 12.3. The summed E-state index contributed by atoms with van der Waals surface area (Å²) in [5.74, 6) is 0.679. The Hall–Kier alpha value is -3.79. The third-order valence-electron chi connectivity index (χ3n) is 5.69. The summed E-state index contributed by atoms with van der Waals surface area (Å²) in [7, 11) is 3.83. The van der Waals surface area contributed by atoms with E-state index in [0.29, 0.717) is 23.4 Å². The largest absolute Gasteiger partial charge is 0.483 e. The van der Waals surface area contributed by atoms with E-state index in [1.54, 1.807) is 17.9 Å². The third-order valence-corrected chi connectivity index (χ3v) is 5.69. The van der Waals surface area contributed by atoms with E-state index in [0.717, 1.165) is 37.2 Å². The molecule has 0 fully saturated rings. The number of rotatable bonds is 3. The van der Waals surface area contributed by atoms with Crippen molar-refractivity contribution in [2.45, 2.75) is 19.4 Å². The van der Waals surface area contributed by atoms with Gasteiger partial charge in [-0.05, 0) is 6.42 Å². The fourth-order valence-electron chi connectivity index (χ4n) is 4.17.